The highest BCUT2D eigenvalue weighted by atomic mass is 127. The molecule has 0 heterocycles. The highest BCUT2D eigenvalue weighted by Gasteiger charge is 2.72. The maximum atomic E-state index is 3.79. The molecule has 6 unspecified atom stereocenters. The van der Waals surface area contributed by atoms with Crippen LogP contribution in [0.3, 0.4) is 0 Å². The van der Waals surface area contributed by atoms with E-state index in [1.807, 2.05) is 0 Å². The molecule has 2 heteroatoms. The third-order valence-corrected chi connectivity index (χ3v) is 6.43. The summed E-state index contributed by atoms with van der Waals surface area (Å²) in [5.41, 5.74) is 0. The second-order valence-corrected chi connectivity index (χ2v) is 6.10. The molecule has 0 amide bonds. The van der Waals surface area contributed by atoms with Crippen LogP contribution in [-0.4, -0.2) is 8.75 Å². The second-order valence-electron chi connectivity index (χ2n) is 3.61. The van der Waals surface area contributed by atoms with Gasteiger partial charge in [0.05, 0.1) is 0 Å². The minimum Gasteiger partial charge on any atom is -0.0884 e. The zero-order chi connectivity index (χ0) is 6.17. The summed E-state index contributed by atoms with van der Waals surface area (Å²) in [4.78, 5) is 0.911. The molecule has 0 N–H and O–H groups in total. The highest BCUT2D eigenvalue weighted by Crippen LogP contribution is 2.74. The Labute approximate surface area is 77.0 Å². The number of alkyl halides is 2. The summed E-state index contributed by atoms with van der Waals surface area (Å²) in [6, 6.07) is 0. The van der Waals surface area contributed by atoms with Gasteiger partial charge in [-0.3, -0.25) is 0 Å². The van der Waals surface area contributed by atoms with Crippen LogP contribution < -0.4 is 0 Å². The average molecular weight is 299 g/mol. The van der Waals surface area contributed by atoms with Gasteiger partial charge in [-0.15, -0.1) is 0 Å². The van der Waals surface area contributed by atoms with Crippen LogP contribution in [0.4, 0.5) is 0 Å². The molecule has 0 aromatic heterocycles. The lowest BCUT2D eigenvalue weighted by atomic mass is 10.1. The van der Waals surface area contributed by atoms with E-state index in [1.54, 1.807) is 6.42 Å². The predicted octanol–water partition coefficient (Wildman–Crippen LogP) is 2.45. The van der Waals surface area contributed by atoms with Gasteiger partial charge in [-0.1, -0.05) is 38.5 Å². The zero-order valence-corrected chi connectivity index (χ0v) is 8.67. The molecule has 0 aromatic carbocycles. The quantitative estimate of drug-likeness (QED) is 0.476. The molecule has 50 valence electrons. The standard InChI is InChI=1S/C7H8BrI/c8-6-3-1-2-4(6)5(2)7(3)9/h2-7H,1H2. The van der Waals surface area contributed by atoms with E-state index in [9.17, 15) is 0 Å². The van der Waals surface area contributed by atoms with E-state index < -0.39 is 0 Å². The molecular weight excluding hydrogens is 291 g/mol. The number of hydrogen-bond acceptors (Lipinski definition) is 0. The Balaban J connectivity index is 2.07. The van der Waals surface area contributed by atoms with Crippen molar-refractivity contribution in [3.63, 3.8) is 0 Å². The summed E-state index contributed by atoms with van der Waals surface area (Å²) in [7, 11) is 0. The maximum Gasteiger partial charge on any atom is 0.0218 e. The molecule has 6 atom stereocenters. The van der Waals surface area contributed by atoms with Gasteiger partial charge in [-0.25, -0.2) is 0 Å². The molecule has 0 spiro atoms. The molecule has 0 radical (unpaired) electrons. The minimum absolute atomic E-state index is 0.911. The first-order valence-corrected chi connectivity index (χ1v) is 5.75. The van der Waals surface area contributed by atoms with Crippen molar-refractivity contribution in [1.29, 1.82) is 0 Å². The van der Waals surface area contributed by atoms with E-state index in [1.165, 1.54) is 0 Å². The third kappa shape index (κ3) is 0.492. The van der Waals surface area contributed by atoms with E-state index >= 15 is 0 Å². The molecule has 0 aliphatic heterocycles. The van der Waals surface area contributed by atoms with Gasteiger partial charge in [0.15, 0.2) is 0 Å². The summed E-state index contributed by atoms with van der Waals surface area (Å²) >= 11 is 6.44. The first-order valence-electron chi connectivity index (χ1n) is 3.59. The molecule has 9 heavy (non-hydrogen) atoms. The van der Waals surface area contributed by atoms with E-state index in [2.05, 4.69) is 38.5 Å². The van der Waals surface area contributed by atoms with Crippen molar-refractivity contribution in [2.45, 2.75) is 15.2 Å². The Morgan fingerprint density at radius 3 is 2.11 bits per heavy atom. The van der Waals surface area contributed by atoms with Gasteiger partial charge < -0.3 is 0 Å². The zero-order valence-electron chi connectivity index (χ0n) is 4.93. The minimum atomic E-state index is 0.911. The van der Waals surface area contributed by atoms with Crippen LogP contribution in [-0.2, 0) is 0 Å². The molecule has 0 aromatic rings. The molecular formula is C7H8BrI. The van der Waals surface area contributed by atoms with Gasteiger partial charge in [-0.2, -0.15) is 0 Å². The molecule has 4 rings (SSSR count). The van der Waals surface area contributed by atoms with E-state index in [-0.39, 0.29) is 0 Å². The maximum absolute atomic E-state index is 3.79. The van der Waals surface area contributed by atoms with Gasteiger partial charge in [0.1, 0.15) is 0 Å². The molecule has 4 aliphatic rings. The van der Waals surface area contributed by atoms with Gasteiger partial charge >= 0.3 is 0 Å². The topological polar surface area (TPSA) is 0 Å². The lowest BCUT2D eigenvalue weighted by Gasteiger charge is -2.08. The van der Waals surface area contributed by atoms with Gasteiger partial charge in [0.25, 0.3) is 0 Å². The number of halogens is 2. The van der Waals surface area contributed by atoms with E-state index in [0.29, 0.717) is 0 Å². The lowest BCUT2D eigenvalue weighted by molar-refractivity contribution is 0.644. The first-order chi connectivity index (χ1) is 4.30. The van der Waals surface area contributed by atoms with Crippen LogP contribution in [0.1, 0.15) is 6.42 Å². The van der Waals surface area contributed by atoms with E-state index in [4.69, 9.17) is 0 Å². The van der Waals surface area contributed by atoms with Crippen molar-refractivity contribution in [2.24, 2.45) is 23.7 Å². The van der Waals surface area contributed by atoms with Crippen molar-refractivity contribution < 1.29 is 0 Å². The number of hydrogen-bond donors (Lipinski definition) is 0. The summed E-state index contributed by atoms with van der Waals surface area (Å²) in [5, 5.41) is 0. The summed E-state index contributed by atoms with van der Waals surface area (Å²) in [6.07, 6.45) is 1.54. The molecule has 0 saturated heterocycles. The Morgan fingerprint density at radius 2 is 2.00 bits per heavy atom. The second kappa shape index (κ2) is 1.52. The average Bonchev–Trinajstić information content (AvgIpc) is 2.18. The fraction of sp³-hybridized carbons (Fsp3) is 1.00. The largest absolute Gasteiger partial charge is 0.0884 e. The third-order valence-electron chi connectivity index (χ3n) is 3.39. The van der Waals surface area contributed by atoms with Crippen molar-refractivity contribution in [1.82, 2.24) is 0 Å². The Bertz CT molecular complexity index is 150. The lowest BCUT2D eigenvalue weighted by Crippen LogP contribution is -2.09. The monoisotopic (exact) mass is 298 g/mol. The van der Waals surface area contributed by atoms with Gasteiger partial charge in [0.2, 0.25) is 0 Å². The van der Waals surface area contributed by atoms with Crippen LogP contribution >= 0.6 is 38.5 Å². The van der Waals surface area contributed by atoms with Crippen molar-refractivity contribution in [2.75, 3.05) is 0 Å². The van der Waals surface area contributed by atoms with Crippen LogP contribution in [0, 0.1) is 23.7 Å². The SMILES string of the molecule is BrC1C2CC3C1C3C2I. The van der Waals surface area contributed by atoms with Crippen molar-refractivity contribution in [3.8, 4) is 0 Å². The van der Waals surface area contributed by atoms with Crippen LogP contribution in [0.15, 0.2) is 0 Å². The fourth-order valence-corrected chi connectivity index (χ4v) is 6.57. The smallest absolute Gasteiger partial charge is 0.0218 e. The predicted molar refractivity (Wildman–Crippen MR) is 49.1 cm³/mol. The Kier molecular flexibility index (Phi) is 0.981. The summed E-state index contributed by atoms with van der Waals surface area (Å²) in [6.45, 7) is 0. The molecule has 4 bridgehead atoms. The Morgan fingerprint density at radius 1 is 1.22 bits per heavy atom. The van der Waals surface area contributed by atoms with Crippen LogP contribution in [0.2, 0.25) is 0 Å². The molecule has 0 nitrogen and oxygen atoms in total. The fourth-order valence-electron chi connectivity index (χ4n) is 2.96. The van der Waals surface area contributed by atoms with Gasteiger partial charge in [0, 0.05) is 8.75 Å². The van der Waals surface area contributed by atoms with Crippen LogP contribution in [0.25, 0.3) is 0 Å². The normalized spacial score (nSPS) is 75.3. The molecule has 4 fully saturated rings. The Hall–Kier alpha value is 1.21. The molecule has 4 saturated carbocycles. The van der Waals surface area contributed by atoms with E-state index in [0.717, 1.165) is 32.4 Å². The highest BCUT2D eigenvalue weighted by molar-refractivity contribution is 14.1. The van der Waals surface area contributed by atoms with Crippen molar-refractivity contribution in [3.05, 3.63) is 0 Å². The van der Waals surface area contributed by atoms with Crippen LogP contribution in [0.5, 0.6) is 0 Å². The van der Waals surface area contributed by atoms with Gasteiger partial charge in [-0.05, 0) is 30.1 Å². The summed E-state index contributed by atoms with van der Waals surface area (Å²) in [5.74, 6) is 4.45. The number of rotatable bonds is 0. The molecule has 4 aliphatic carbocycles. The first kappa shape index (κ1) is 5.81. The summed E-state index contributed by atoms with van der Waals surface area (Å²) < 4.78 is 1.03. The van der Waals surface area contributed by atoms with Crippen molar-refractivity contribution >= 4 is 38.5 Å².